The number of ketones is 3. The highest BCUT2D eigenvalue weighted by atomic mass is 16.5. The van der Waals surface area contributed by atoms with Gasteiger partial charge < -0.3 is 4.74 Å². The summed E-state index contributed by atoms with van der Waals surface area (Å²) in [6, 6.07) is 9.30. The lowest BCUT2D eigenvalue weighted by Gasteiger charge is -2.35. The molecule has 0 saturated carbocycles. The first kappa shape index (κ1) is 15.8. The number of fused-ring (bicyclic) bond motifs is 1. The van der Waals surface area contributed by atoms with E-state index in [2.05, 4.69) is 9.97 Å². The Bertz CT molecular complexity index is 1080. The first-order valence-electron chi connectivity index (χ1n) is 8.79. The molecule has 132 valence electrons. The molecule has 2 aliphatic carbocycles. The van der Waals surface area contributed by atoms with Gasteiger partial charge in [-0.05, 0) is 12.0 Å². The monoisotopic (exact) mass is 358 g/mol. The molecule has 0 fully saturated rings. The number of nitrogens with zero attached hydrogens (tertiary/aromatic N) is 2. The van der Waals surface area contributed by atoms with Crippen molar-refractivity contribution < 1.29 is 19.1 Å². The minimum atomic E-state index is -0.609. The molecule has 1 atom stereocenters. The van der Waals surface area contributed by atoms with Crippen LogP contribution >= 0.6 is 0 Å². The maximum absolute atomic E-state index is 13.3. The lowest BCUT2D eigenvalue weighted by molar-refractivity contribution is -0.116. The predicted octanol–water partition coefficient (Wildman–Crippen LogP) is 2.93. The van der Waals surface area contributed by atoms with E-state index < -0.39 is 11.7 Å². The lowest BCUT2D eigenvalue weighted by atomic mass is 9.72. The number of hydrogen-bond acceptors (Lipinski definition) is 6. The minimum absolute atomic E-state index is 0.00602. The van der Waals surface area contributed by atoms with E-state index in [1.54, 1.807) is 0 Å². The van der Waals surface area contributed by atoms with Crippen molar-refractivity contribution in [1.82, 2.24) is 9.97 Å². The van der Waals surface area contributed by atoms with Crippen molar-refractivity contribution in [2.24, 2.45) is 0 Å². The highest BCUT2D eigenvalue weighted by molar-refractivity contribution is 6.27. The number of ether oxygens (including phenoxy) is 1. The SMILES string of the molecule is O=C1CCCC2=C1C(c1ccccc1)C1=C(O2)C(=O)c2ncncc2C1=O. The fourth-order valence-corrected chi connectivity index (χ4v) is 4.03. The maximum atomic E-state index is 13.3. The van der Waals surface area contributed by atoms with Crippen LogP contribution in [-0.4, -0.2) is 27.3 Å². The average molecular weight is 358 g/mol. The molecule has 0 N–H and O–H groups in total. The topological polar surface area (TPSA) is 86.2 Å². The predicted molar refractivity (Wildman–Crippen MR) is 93.9 cm³/mol. The molecule has 1 aromatic carbocycles. The van der Waals surface area contributed by atoms with E-state index in [0.29, 0.717) is 30.6 Å². The van der Waals surface area contributed by atoms with Crippen LogP contribution in [-0.2, 0) is 9.53 Å². The summed E-state index contributed by atoms with van der Waals surface area (Å²) in [4.78, 5) is 46.9. The van der Waals surface area contributed by atoms with Crippen molar-refractivity contribution in [2.45, 2.75) is 25.2 Å². The highest BCUT2D eigenvalue weighted by Gasteiger charge is 2.46. The molecule has 2 heterocycles. The van der Waals surface area contributed by atoms with Crippen molar-refractivity contribution in [3.8, 4) is 0 Å². The molecule has 6 nitrogen and oxygen atoms in total. The van der Waals surface area contributed by atoms with Gasteiger partial charge in [0.25, 0.3) is 0 Å². The van der Waals surface area contributed by atoms with Crippen LogP contribution in [0.4, 0.5) is 0 Å². The maximum Gasteiger partial charge on any atom is 0.247 e. The van der Waals surface area contributed by atoms with Crippen LogP contribution in [0.1, 0.15) is 51.6 Å². The van der Waals surface area contributed by atoms with Gasteiger partial charge in [0.05, 0.1) is 11.1 Å². The zero-order valence-electron chi connectivity index (χ0n) is 14.3. The Hall–Kier alpha value is -3.41. The molecule has 1 aliphatic heterocycles. The summed E-state index contributed by atoms with van der Waals surface area (Å²) in [6.07, 6.45) is 4.24. The number of carbonyl (C=O) groups excluding carboxylic acids is 3. The summed E-state index contributed by atoms with van der Waals surface area (Å²) in [5.41, 5.74) is 1.69. The quantitative estimate of drug-likeness (QED) is 0.779. The van der Waals surface area contributed by atoms with Gasteiger partial charge >= 0.3 is 0 Å². The summed E-state index contributed by atoms with van der Waals surface area (Å²) in [7, 11) is 0. The van der Waals surface area contributed by atoms with Crippen molar-refractivity contribution >= 4 is 17.3 Å². The zero-order chi connectivity index (χ0) is 18.5. The largest absolute Gasteiger partial charge is 0.457 e. The van der Waals surface area contributed by atoms with Crippen LogP contribution in [0.3, 0.4) is 0 Å². The third kappa shape index (κ3) is 2.23. The van der Waals surface area contributed by atoms with E-state index in [0.717, 1.165) is 5.56 Å². The fraction of sp³-hybridized carbons (Fsp3) is 0.190. The fourth-order valence-electron chi connectivity index (χ4n) is 4.03. The van der Waals surface area contributed by atoms with Crippen LogP contribution in [0.25, 0.3) is 0 Å². The molecule has 0 spiro atoms. The van der Waals surface area contributed by atoms with Gasteiger partial charge in [0.2, 0.25) is 5.78 Å². The first-order chi connectivity index (χ1) is 13.2. The lowest BCUT2D eigenvalue weighted by Crippen LogP contribution is -2.34. The van der Waals surface area contributed by atoms with Crippen LogP contribution in [0.15, 0.2) is 65.5 Å². The molecule has 2 aromatic rings. The summed E-state index contributed by atoms with van der Waals surface area (Å²) in [5.74, 6) is -0.952. The Balaban J connectivity index is 1.77. The molecule has 27 heavy (non-hydrogen) atoms. The average Bonchev–Trinajstić information content (AvgIpc) is 2.71. The van der Waals surface area contributed by atoms with Gasteiger partial charge in [0, 0.05) is 30.5 Å². The summed E-state index contributed by atoms with van der Waals surface area (Å²) >= 11 is 0. The second-order valence-electron chi connectivity index (χ2n) is 6.75. The van der Waals surface area contributed by atoms with Gasteiger partial charge in [0.1, 0.15) is 17.8 Å². The number of carbonyl (C=O) groups is 3. The third-order valence-corrected chi connectivity index (χ3v) is 5.21. The second kappa shape index (κ2) is 5.81. The Kier molecular flexibility index (Phi) is 3.40. The number of allylic oxidation sites excluding steroid dienone is 4. The standard InChI is InChI=1S/C21H14N2O4/c24-13-7-4-8-14-16(13)15(11-5-2-1-3-6-11)17-19(25)12-9-22-10-23-18(12)20(26)21(17)27-14/h1-3,5-6,9-10,15H,4,7-8H2. The van der Waals surface area contributed by atoms with Gasteiger partial charge in [-0.1, -0.05) is 30.3 Å². The molecule has 6 heteroatoms. The molecule has 0 bridgehead atoms. The van der Waals surface area contributed by atoms with E-state index in [9.17, 15) is 14.4 Å². The number of Topliss-reactive ketones (excluding diaryl/α,β-unsaturated/α-hetero) is 3. The first-order valence-corrected chi connectivity index (χ1v) is 8.79. The Morgan fingerprint density at radius 3 is 2.59 bits per heavy atom. The van der Waals surface area contributed by atoms with Crippen LogP contribution in [0.5, 0.6) is 0 Å². The van der Waals surface area contributed by atoms with Gasteiger partial charge in [-0.2, -0.15) is 0 Å². The van der Waals surface area contributed by atoms with Crippen LogP contribution in [0, 0.1) is 0 Å². The van der Waals surface area contributed by atoms with E-state index >= 15 is 0 Å². The Morgan fingerprint density at radius 1 is 0.963 bits per heavy atom. The summed E-state index contributed by atoms with van der Waals surface area (Å²) in [5, 5.41) is 0. The van der Waals surface area contributed by atoms with E-state index in [4.69, 9.17) is 4.74 Å². The second-order valence-corrected chi connectivity index (χ2v) is 6.75. The normalized spacial score (nSPS) is 21.5. The molecular formula is C21H14N2O4. The Morgan fingerprint density at radius 2 is 1.78 bits per heavy atom. The van der Waals surface area contributed by atoms with E-state index in [1.807, 2.05) is 30.3 Å². The zero-order valence-corrected chi connectivity index (χ0v) is 14.3. The van der Waals surface area contributed by atoms with Gasteiger partial charge in [-0.3, -0.25) is 14.4 Å². The van der Waals surface area contributed by atoms with Crippen LogP contribution < -0.4 is 0 Å². The number of rotatable bonds is 1. The minimum Gasteiger partial charge on any atom is -0.457 e. The molecular weight excluding hydrogens is 344 g/mol. The van der Waals surface area contributed by atoms with E-state index in [-0.39, 0.29) is 34.2 Å². The molecule has 3 aliphatic rings. The van der Waals surface area contributed by atoms with E-state index in [1.165, 1.54) is 12.5 Å². The number of aromatic nitrogens is 2. The van der Waals surface area contributed by atoms with Gasteiger partial charge in [0.15, 0.2) is 17.3 Å². The van der Waals surface area contributed by atoms with Crippen molar-refractivity contribution in [1.29, 1.82) is 0 Å². The smallest absolute Gasteiger partial charge is 0.247 e. The van der Waals surface area contributed by atoms with Gasteiger partial charge in [-0.25, -0.2) is 9.97 Å². The molecule has 0 amide bonds. The van der Waals surface area contributed by atoms with Crippen molar-refractivity contribution in [3.63, 3.8) is 0 Å². The van der Waals surface area contributed by atoms with Crippen molar-refractivity contribution in [3.05, 3.63) is 82.3 Å². The summed E-state index contributed by atoms with van der Waals surface area (Å²) in [6.45, 7) is 0. The summed E-state index contributed by atoms with van der Waals surface area (Å²) < 4.78 is 5.86. The molecule has 0 saturated heterocycles. The highest BCUT2D eigenvalue weighted by Crippen LogP contribution is 2.47. The molecule has 1 aromatic heterocycles. The number of hydrogen-bond donors (Lipinski definition) is 0. The number of benzene rings is 1. The third-order valence-electron chi connectivity index (χ3n) is 5.21. The van der Waals surface area contributed by atoms with Gasteiger partial charge in [-0.15, -0.1) is 0 Å². The molecule has 5 rings (SSSR count). The van der Waals surface area contributed by atoms with Crippen LogP contribution in [0.2, 0.25) is 0 Å². The molecule has 0 radical (unpaired) electrons. The molecule has 1 unspecified atom stereocenters. The Labute approximate surface area is 154 Å². The van der Waals surface area contributed by atoms with Crippen molar-refractivity contribution in [2.75, 3.05) is 0 Å².